The Morgan fingerprint density at radius 1 is 1.15 bits per heavy atom. The standard InChI is InChI=1S/C17H21N3/c18-9-16-2-1-12(10-19-16)11-20-17-6-13-3-14(7-17)5-15(4-13)8-17/h1-2,10,13-15,20H,3-8,11H2. The van der Waals surface area contributed by atoms with Gasteiger partial charge in [-0.3, -0.25) is 0 Å². The van der Waals surface area contributed by atoms with Crippen LogP contribution in [0.3, 0.4) is 0 Å². The second kappa shape index (κ2) is 4.56. The molecule has 0 unspecified atom stereocenters. The van der Waals surface area contributed by atoms with E-state index < -0.39 is 0 Å². The Morgan fingerprint density at radius 3 is 2.30 bits per heavy atom. The zero-order valence-corrected chi connectivity index (χ0v) is 11.8. The summed E-state index contributed by atoms with van der Waals surface area (Å²) in [6.07, 6.45) is 10.4. The van der Waals surface area contributed by atoms with Crippen molar-refractivity contribution in [2.45, 2.75) is 50.6 Å². The average molecular weight is 267 g/mol. The van der Waals surface area contributed by atoms with Crippen molar-refractivity contribution in [3.63, 3.8) is 0 Å². The molecule has 104 valence electrons. The summed E-state index contributed by atoms with van der Waals surface area (Å²) in [5.41, 5.74) is 2.10. The predicted molar refractivity (Wildman–Crippen MR) is 76.7 cm³/mol. The smallest absolute Gasteiger partial charge is 0.140 e. The number of nitriles is 1. The van der Waals surface area contributed by atoms with Gasteiger partial charge in [0.1, 0.15) is 11.8 Å². The molecule has 0 atom stereocenters. The zero-order valence-electron chi connectivity index (χ0n) is 11.8. The van der Waals surface area contributed by atoms with Gasteiger partial charge in [0.05, 0.1) is 0 Å². The Labute approximate surface area is 120 Å². The van der Waals surface area contributed by atoms with Gasteiger partial charge in [-0.2, -0.15) is 5.26 Å². The Morgan fingerprint density at radius 2 is 1.80 bits per heavy atom. The summed E-state index contributed by atoms with van der Waals surface area (Å²) in [5.74, 6) is 2.94. The molecule has 4 saturated carbocycles. The van der Waals surface area contributed by atoms with E-state index >= 15 is 0 Å². The van der Waals surface area contributed by atoms with Crippen LogP contribution in [0.1, 0.15) is 49.8 Å². The van der Waals surface area contributed by atoms with Crippen LogP contribution in [-0.4, -0.2) is 10.5 Å². The highest BCUT2D eigenvalue weighted by Gasteiger charge is 2.50. The van der Waals surface area contributed by atoms with E-state index in [1.54, 1.807) is 0 Å². The summed E-state index contributed by atoms with van der Waals surface area (Å²) in [7, 11) is 0. The van der Waals surface area contributed by atoms with Crippen LogP contribution in [-0.2, 0) is 6.54 Å². The summed E-state index contributed by atoms with van der Waals surface area (Å²) >= 11 is 0. The lowest BCUT2D eigenvalue weighted by molar-refractivity contribution is -0.0206. The van der Waals surface area contributed by atoms with Gasteiger partial charge in [0, 0.05) is 18.3 Å². The molecule has 1 aromatic heterocycles. The first-order valence-corrected chi connectivity index (χ1v) is 7.85. The maximum atomic E-state index is 8.78. The van der Waals surface area contributed by atoms with Gasteiger partial charge in [-0.1, -0.05) is 6.07 Å². The fourth-order valence-corrected chi connectivity index (χ4v) is 5.21. The van der Waals surface area contributed by atoms with Crippen molar-refractivity contribution in [3.05, 3.63) is 29.6 Å². The molecule has 3 heteroatoms. The minimum absolute atomic E-state index is 0.405. The van der Waals surface area contributed by atoms with Crippen LogP contribution in [0.4, 0.5) is 0 Å². The van der Waals surface area contributed by atoms with Crippen LogP contribution in [0.25, 0.3) is 0 Å². The minimum atomic E-state index is 0.405. The number of nitrogens with one attached hydrogen (secondary N) is 1. The molecule has 0 amide bonds. The van der Waals surface area contributed by atoms with Crippen LogP contribution in [0.2, 0.25) is 0 Å². The van der Waals surface area contributed by atoms with Crippen LogP contribution in [0.15, 0.2) is 18.3 Å². The van der Waals surface area contributed by atoms with E-state index in [2.05, 4.69) is 16.4 Å². The SMILES string of the molecule is N#Cc1ccc(CNC23CC4CC(CC(C4)C2)C3)cn1. The fraction of sp³-hybridized carbons (Fsp3) is 0.647. The van der Waals surface area contributed by atoms with Gasteiger partial charge in [-0.25, -0.2) is 4.98 Å². The number of aromatic nitrogens is 1. The lowest BCUT2D eigenvalue weighted by Gasteiger charge is -2.57. The molecule has 5 rings (SSSR count). The van der Waals surface area contributed by atoms with Crippen LogP contribution in [0.5, 0.6) is 0 Å². The van der Waals surface area contributed by atoms with Gasteiger partial charge in [0.2, 0.25) is 0 Å². The van der Waals surface area contributed by atoms with Crippen molar-refractivity contribution < 1.29 is 0 Å². The summed E-state index contributed by atoms with van der Waals surface area (Å²) < 4.78 is 0. The van der Waals surface area contributed by atoms with E-state index in [9.17, 15) is 0 Å². The molecular weight excluding hydrogens is 246 g/mol. The first-order chi connectivity index (χ1) is 9.75. The Balaban J connectivity index is 1.45. The second-order valence-corrected chi connectivity index (χ2v) is 7.21. The van der Waals surface area contributed by atoms with Gasteiger partial charge in [0.15, 0.2) is 0 Å². The summed E-state index contributed by atoms with van der Waals surface area (Å²) in [6, 6.07) is 5.92. The molecule has 4 aliphatic rings. The van der Waals surface area contributed by atoms with Gasteiger partial charge in [-0.15, -0.1) is 0 Å². The van der Waals surface area contributed by atoms with Crippen LogP contribution in [0, 0.1) is 29.1 Å². The van der Waals surface area contributed by atoms with Crippen molar-refractivity contribution in [2.24, 2.45) is 17.8 Å². The summed E-state index contributed by atoms with van der Waals surface area (Å²) in [5, 5.41) is 12.6. The third kappa shape index (κ3) is 2.13. The molecule has 4 fully saturated rings. The van der Waals surface area contributed by atoms with Gasteiger partial charge in [0.25, 0.3) is 0 Å². The fourth-order valence-electron chi connectivity index (χ4n) is 5.21. The molecule has 4 bridgehead atoms. The normalized spacial score (nSPS) is 37.9. The first-order valence-electron chi connectivity index (χ1n) is 7.85. The van der Waals surface area contributed by atoms with Crippen molar-refractivity contribution in [2.75, 3.05) is 0 Å². The Kier molecular flexibility index (Phi) is 2.82. The monoisotopic (exact) mass is 267 g/mol. The number of nitrogens with zero attached hydrogens (tertiary/aromatic N) is 2. The molecular formula is C17H21N3. The van der Waals surface area contributed by atoms with Crippen LogP contribution >= 0.6 is 0 Å². The number of hydrogen-bond acceptors (Lipinski definition) is 3. The molecule has 1 N–H and O–H groups in total. The average Bonchev–Trinajstić information content (AvgIpc) is 2.44. The molecule has 0 aromatic carbocycles. The third-order valence-electron chi connectivity index (χ3n) is 5.65. The molecule has 1 aromatic rings. The number of hydrogen-bond donors (Lipinski definition) is 1. The van der Waals surface area contributed by atoms with E-state index in [4.69, 9.17) is 5.26 Å². The third-order valence-corrected chi connectivity index (χ3v) is 5.65. The van der Waals surface area contributed by atoms with E-state index in [-0.39, 0.29) is 0 Å². The lowest BCUT2D eigenvalue weighted by Crippen LogP contribution is -2.58. The minimum Gasteiger partial charge on any atom is -0.307 e. The molecule has 3 nitrogen and oxygen atoms in total. The highest BCUT2D eigenvalue weighted by molar-refractivity contribution is 5.23. The topological polar surface area (TPSA) is 48.7 Å². The van der Waals surface area contributed by atoms with Crippen molar-refractivity contribution in [3.8, 4) is 6.07 Å². The molecule has 1 heterocycles. The second-order valence-electron chi connectivity index (χ2n) is 7.21. The Bertz CT molecular complexity index is 505. The first kappa shape index (κ1) is 12.3. The highest BCUT2D eigenvalue weighted by atomic mass is 15.0. The quantitative estimate of drug-likeness (QED) is 0.915. The summed E-state index contributed by atoms with van der Waals surface area (Å²) in [4.78, 5) is 4.16. The van der Waals surface area contributed by atoms with E-state index in [0.29, 0.717) is 11.2 Å². The highest BCUT2D eigenvalue weighted by Crippen LogP contribution is 2.55. The number of pyridine rings is 1. The van der Waals surface area contributed by atoms with E-state index in [1.807, 2.05) is 18.3 Å². The largest absolute Gasteiger partial charge is 0.307 e. The van der Waals surface area contributed by atoms with Crippen LogP contribution < -0.4 is 5.32 Å². The van der Waals surface area contributed by atoms with Gasteiger partial charge < -0.3 is 5.32 Å². The predicted octanol–water partition coefficient (Wildman–Crippen LogP) is 3.01. The van der Waals surface area contributed by atoms with Crippen molar-refractivity contribution in [1.29, 1.82) is 5.26 Å². The Hall–Kier alpha value is -1.40. The molecule has 4 aliphatic carbocycles. The number of rotatable bonds is 3. The van der Waals surface area contributed by atoms with Gasteiger partial charge in [-0.05, 0) is 67.9 Å². The van der Waals surface area contributed by atoms with E-state index in [0.717, 1.165) is 24.3 Å². The van der Waals surface area contributed by atoms with Crippen molar-refractivity contribution in [1.82, 2.24) is 10.3 Å². The molecule has 0 aliphatic heterocycles. The molecule has 0 radical (unpaired) electrons. The molecule has 0 saturated heterocycles. The summed E-state index contributed by atoms with van der Waals surface area (Å²) in [6.45, 7) is 0.894. The maximum absolute atomic E-state index is 8.78. The maximum Gasteiger partial charge on any atom is 0.140 e. The van der Waals surface area contributed by atoms with Crippen molar-refractivity contribution >= 4 is 0 Å². The zero-order chi connectivity index (χ0) is 13.6. The molecule has 0 spiro atoms. The molecule has 20 heavy (non-hydrogen) atoms. The van der Waals surface area contributed by atoms with Gasteiger partial charge >= 0.3 is 0 Å². The lowest BCUT2D eigenvalue weighted by atomic mass is 9.53. The van der Waals surface area contributed by atoms with E-state index in [1.165, 1.54) is 44.1 Å².